The number of aromatic nitrogens is 2. The zero-order valence-corrected chi connectivity index (χ0v) is 25.8. The maximum Gasteiger partial charge on any atom is 0.305 e. The molecule has 0 saturated carbocycles. The van der Waals surface area contributed by atoms with E-state index in [1.165, 1.54) is 6.07 Å². The van der Waals surface area contributed by atoms with Gasteiger partial charge in [-0.1, -0.05) is 61.8 Å². The average Bonchev–Trinajstić information content (AvgIpc) is 3.38. The molecule has 0 aliphatic heterocycles. The molecule has 0 unspecified atom stereocenters. The quantitative estimate of drug-likeness (QED) is 0.161. The maximum atomic E-state index is 15.1. The summed E-state index contributed by atoms with van der Waals surface area (Å²) in [7, 11) is 0. The van der Waals surface area contributed by atoms with Crippen LogP contribution in [0.25, 0.3) is 5.69 Å². The summed E-state index contributed by atoms with van der Waals surface area (Å²) in [5.41, 5.74) is 1.47. The van der Waals surface area contributed by atoms with Crippen LogP contribution in [-0.4, -0.2) is 33.1 Å². The SMILES string of the molecule is CCc1cc(-n2c(C(C)(C)c3ccc(Cl)c(Cl)c3)cnc2SCc2c(F)cc(C(=O)NCCC(=O)O)cc2F)ccc1F. The fourth-order valence-electron chi connectivity index (χ4n) is 4.52. The lowest BCUT2D eigenvalue weighted by Gasteiger charge is -2.28. The van der Waals surface area contributed by atoms with Gasteiger partial charge in [0.05, 0.1) is 28.4 Å². The second-order valence-electron chi connectivity index (χ2n) is 10.3. The number of carboxylic acids is 1. The van der Waals surface area contributed by atoms with E-state index in [1.807, 2.05) is 31.4 Å². The number of carboxylic acid groups (broad SMARTS) is 1. The molecule has 0 radical (unpaired) electrons. The van der Waals surface area contributed by atoms with Crippen molar-refractivity contribution in [3.63, 3.8) is 0 Å². The summed E-state index contributed by atoms with van der Waals surface area (Å²) in [5.74, 6) is -4.27. The van der Waals surface area contributed by atoms with Gasteiger partial charge >= 0.3 is 5.97 Å². The summed E-state index contributed by atoms with van der Waals surface area (Å²) in [4.78, 5) is 27.5. The molecule has 0 bridgehead atoms. The van der Waals surface area contributed by atoms with E-state index in [0.29, 0.717) is 32.9 Å². The van der Waals surface area contributed by atoms with Gasteiger partial charge in [-0.05, 0) is 60.0 Å². The number of nitrogens with one attached hydrogen (secondary N) is 1. The smallest absolute Gasteiger partial charge is 0.305 e. The van der Waals surface area contributed by atoms with Gasteiger partial charge in [0, 0.05) is 34.5 Å². The largest absolute Gasteiger partial charge is 0.481 e. The van der Waals surface area contributed by atoms with E-state index in [0.717, 1.165) is 35.2 Å². The summed E-state index contributed by atoms with van der Waals surface area (Å²) < 4.78 is 46.4. The molecule has 0 atom stereocenters. The molecule has 4 rings (SSSR count). The lowest BCUT2D eigenvalue weighted by atomic mass is 9.81. The van der Waals surface area contributed by atoms with Gasteiger partial charge in [0.15, 0.2) is 5.16 Å². The van der Waals surface area contributed by atoms with Gasteiger partial charge in [-0.2, -0.15) is 0 Å². The van der Waals surface area contributed by atoms with Gasteiger partial charge in [0.25, 0.3) is 5.91 Å². The Labute approximate surface area is 261 Å². The highest BCUT2D eigenvalue weighted by atomic mass is 35.5. The van der Waals surface area contributed by atoms with E-state index in [-0.39, 0.29) is 35.7 Å². The second kappa shape index (κ2) is 13.4. The fourth-order valence-corrected chi connectivity index (χ4v) is 5.83. The molecule has 1 heterocycles. The van der Waals surface area contributed by atoms with Crippen molar-refractivity contribution in [2.24, 2.45) is 0 Å². The molecule has 0 fully saturated rings. The normalized spacial score (nSPS) is 11.5. The number of aryl methyl sites for hydroxylation is 1. The van der Waals surface area contributed by atoms with Crippen LogP contribution in [0.5, 0.6) is 0 Å². The molecule has 226 valence electrons. The highest BCUT2D eigenvalue weighted by Crippen LogP contribution is 2.39. The van der Waals surface area contributed by atoms with E-state index >= 15 is 8.78 Å². The van der Waals surface area contributed by atoms with Gasteiger partial charge in [0.1, 0.15) is 17.5 Å². The van der Waals surface area contributed by atoms with Gasteiger partial charge in [-0.25, -0.2) is 18.2 Å². The van der Waals surface area contributed by atoms with Gasteiger partial charge in [0.2, 0.25) is 0 Å². The summed E-state index contributed by atoms with van der Waals surface area (Å²) >= 11 is 13.5. The third-order valence-corrected chi connectivity index (χ3v) is 8.77. The number of rotatable bonds is 11. The predicted molar refractivity (Wildman–Crippen MR) is 162 cm³/mol. The van der Waals surface area contributed by atoms with E-state index < -0.39 is 28.9 Å². The summed E-state index contributed by atoms with van der Waals surface area (Å²) in [6.45, 7) is 5.60. The molecule has 3 aromatic carbocycles. The topological polar surface area (TPSA) is 84.2 Å². The van der Waals surface area contributed by atoms with Crippen LogP contribution in [0, 0.1) is 17.5 Å². The molecule has 0 spiro atoms. The number of nitrogens with zero attached hydrogens (tertiary/aromatic N) is 2. The lowest BCUT2D eigenvalue weighted by Crippen LogP contribution is -2.26. The number of imidazole rings is 1. The number of carbonyl (C=O) groups excluding carboxylic acids is 1. The average molecular weight is 651 g/mol. The van der Waals surface area contributed by atoms with Crippen LogP contribution in [0.3, 0.4) is 0 Å². The van der Waals surface area contributed by atoms with E-state index in [1.54, 1.807) is 30.5 Å². The first-order chi connectivity index (χ1) is 20.3. The number of hydrogen-bond acceptors (Lipinski definition) is 4. The molecule has 0 aliphatic carbocycles. The number of amides is 1. The van der Waals surface area contributed by atoms with E-state index in [9.17, 15) is 14.0 Å². The zero-order valence-electron chi connectivity index (χ0n) is 23.5. The molecule has 2 N–H and O–H groups in total. The first kappa shape index (κ1) is 32.4. The van der Waals surface area contributed by atoms with Crippen LogP contribution >= 0.6 is 35.0 Å². The molecular formula is C31H28Cl2F3N3O3S. The highest BCUT2D eigenvalue weighted by molar-refractivity contribution is 7.98. The summed E-state index contributed by atoms with van der Waals surface area (Å²) in [6, 6.07) is 11.8. The third-order valence-electron chi connectivity index (χ3n) is 7.05. The van der Waals surface area contributed by atoms with Crippen molar-refractivity contribution in [3.8, 4) is 5.69 Å². The first-order valence-corrected chi connectivity index (χ1v) is 15.0. The number of aliphatic carboxylic acids is 1. The minimum absolute atomic E-state index is 0.163. The van der Waals surface area contributed by atoms with Gasteiger partial charge < -0.3 is 10.4 Å². The van der Waals surface area contributed by atoms with Crippen molar-refractivity contribution in [1.29, 1.82) is 0 Å². The van der Waals surface area contributed by atoms with E-state index in [4.69, 9.17) is 28.3 Å². The van der Waals surface area contributed by atoms with Gasteiger partial charge in [-0.15, -0.1) is 0 Å². The van der Waals surface area contributed by atoms with Crippen LogP contribution in [0.2, 0.25) is 10.0 Å². The highest BCUT2D eigenvalue weighted by Gasteiger charge is 2.30. The third kappa shape index (κ3) is 7.20. The Morgan fingerprint density at radius 2 is 1.70 bits per heavy atom. The van der Waals surface area contributed by atoms with Crippen LogP contribution in [0.4, 0.5) is 13.2 Å². The van der Waals surface area contributed by atoms with Crippen LogP contribution < -0.4 is 5.32 Å². The lowest BCUT2D eigenvalue weighted by molar-refractivity contribution is -0.136. The van der Waals surface area contributed by atoms with E-state index in [2.05, 4.69) is 10.3 Å². The number of hydrogen-bond donors (Lipinski definition) is 2. The van der Waals surface area contributed by atoms with Gasteiger partial charge in [-0.3, -0.25) is 14.2 Å². The molecule has 6 nitrogen and oxygen atoms in total. The van der Waals surface area contributed by atoms with Crippen molar-refractivity contribution < 1.29 is 27.9 Å². The van der Waals surface area contributed by atoms with Crippen LogP contribution in [-0.2, 0) is 22.4 Å². The maximum absolute atomic E-state index is 15.1. The molecule has 1 amide bonds. The molecule has 4 aromatic rings. The number of carbonyl (C=O) groups is 2. The minimum atomic E-state index is -1.11. The Balaban J connectivity index is 1.70. The monoisotopic (exact) mass is 649 g/mol. The Morgan fingerprint density at radius 1 is 1.00 bits per heavy atom. The number of thioether (sulfide) groups is 1. The first-order valence-electron chi connectivity index (χ1n) is 13.3. The molecule has 0 saturated heterocycles. The molecule has 1 aromatic heterocycles. The van der Waals surface area contributed by atoms with Crippen molar-refractivity contribution in [2.45, 2.75) is 49.9 Å². The Morgan fingerprint density at radius 3 is 2.33 bits per heavy atom. The number of halogens is 5. The van der Waals surface area contributed by atoms with Crippen molar-refractivity contribution in [3.05, 3.63) is 110 Å². The zero-order chi connectivity index (χ0) is 31.5. The Bertz CT molecular complexity index is 1670. The fraction of sp³-hybridized carbons (Fsp3) is 0.258. The summed E-state index contributed by atoms with van der Waals surface area (Å²) in [6.07, 6.45) is 1.79. The molecule has 12 heteroatoms. The predicted octanol–water partition coefficient (Wildman–Crippen LogP) is 7.98. The molecule has 43 heavy (non-hydrogen) atoms. The Kier molecular flexibility index (Phi) is 10.1. The molecule has 0 aliphatic rings. The standard InChI is InChI=1S/C31H28Cl2F3N3O3S/c1-4-17-11-20(6-8-24(17)34)39-27(31(2,3)19-5-7-22(32)23(33)14-19)15-38-30(39)43-16-21-25(35)12-18(13-26(21)36)29(42)37-10-9-28(40)41/h5-8,11-15H,4,9-10,16H2,1-3H3,(H,37,42)(H,40,41). The molecular weight excluding hydrogens is 622 g/mol. The number of benzene rings is 3. The van der Waals surface area contributed by atoms with Crippen LogP contribution in [0.15, 0.2) is 59.9 Å². The van der Waals surface area contributed by atoms with Crippen molar-refractivity contribution in [2.75, 3.05) is 6.54 Å². The van der Waals surface area contributed by atoms with Crippen molar-refractivity contribution >= 4 is 46.8 Å². The second-order valence-corrected chi connectivity index (χ2v) is 12.0. The van der Waals surface area contributed by atoms with Crippen LogP contribution in [0.1, 0.15) is 59.9 Å². The minimum Gasteiger partial charge on any atom is -0.481 e. The van der Waals surface area contributed by atoms with Crippen molar-refractivity contribution in [1.82, 2.24) is 14.9 Å². The Hall–Kier alpha value is -3.47. The summed E-state index contributed by atoms with van der Waals surface area (Å²) in [5, 5.41) is 12.2.